The van der Waals surface area contributed by atoms with E-state index in [2.05, 4.69) is 16.2 Å². The van der Waals surface area contributed by atoms with Crippen molar-refractivity contribution in [2.75, 3.05) is 11.9 Å². The predicted molar refractivity (Wildman–Crippen MR) is 61.0 cm³/mol. The molecule has 0 fully saturated rings. The lowest BCUT2D eigenvalue weighted by molar-refractivity contribution is -0.388. The third kappa shape index (κ3) is 2.98. The maximum Gasteiger partial charge on any atom is 0.406 e. The zero-order chi connectivity index (χ0) is 12.0. The van der Waals surface area contributed by atoms with Crippen LogP contribution in [-0.2, 0) is 7.05 Å². The molecule has 0 aliphatic carbocycles. The number of terminal acetylenes is 1. The lowest BCUT2D eigenvalue weighted by Gasteiger charge is -2.04. The highest BCUT2D eigenvalue weighted by Crippen LogP contribution is 2.20. The molecule has 0 aliphatic heterocycles. The standard InChI is InChI=1S/C10H14N4O2/c1-3-4-5-6-7-11-9-10(14(15)16)12-8-13(9)2/h1,8,11H,4-7H2,2H3. The van der Waals surface area contributed by atoms with Gasteiger partial charge in [-0.05, 0) is 22.7 Å². The van der Waals surface area contributed by atoms with E-state index in [0.717, 1.165) is 19.3 Å². The Balaban J connectivity index is 2.50. The fourth-order valence-electron chi connectivity index (χ4n) is 1.31. The number of rotatable bonds is 6. The van der Waals surface area contributed by atoms with Crippen molar-refractivity contribution < 1.29 is 4.92 Å². The molecule has 1 N–H and O–H groups in total. The summed E-state index contributed by atoms with van der Waals surface area (Å²) in [7, 11) is 1.71. The maximum atomic E-state index is 10.6. The Morgan fingerprint density at radius 2 is 2.44 bits per heavy atom. The molecule has 0 saturated carbocycles. The van der Waals surface area contributed by atoms with E-state index in [1.165, 1.54) is 6.33 Å². The third-order valence-electron chi connectivity index (χ3n) is 2.13. The number of nitrogens with one attached hydrogen (secondary N) is 1. The van der Waals surface area contributed by atoms with Gasteiger partial charge in [0.25, 0.3) is 0 Å². The van der Waals surface area contributed by atoms with Crippen LogP contribution in [0.3, 0.4) is 0 Å². The Morgan fingerprint density at radius 1 is 1.69 bits per heavy atom. The van der Waals surface area contributed by atoms with Gasteiger partial charge in [0.2, 0.25) is 12.1 Å². The first-order chi connectivity index (χ1) is 7.66. The van der Waals surface area contributed by atoms with Gasteiger partial charge in [-0.15, -0.1) is 12.3 Å². The molecular formula is C10H14N4O2. The minimum Gasteiger partial charge on any atom is -0.364 e. The molecule has 16 heavy (non-hydrogen) atoms. The second kappa shape index (κ2) is 5.75. The highest BCUT2D eigenvalue weighted by Gasteiger charge is 2.18. The highest BCUT2D eigenvalue weighted by atomic mass is 16.6. The molecule has 1 heterocycles. The van der Waals surface area contributed by atoms with Gasteiger partial charge in [-0.2, -0.15) is 0 Å². The Morgan fingerprint density at radius 3 is 3.06 bits per heavy atom. The van der Waals surface area contributed by atoms with E-state index in [1.54, 1.807) is 11.6 Å². The Hall–Kier alpha value is -2.03. The van der Waals surface area contributed by atoms with Gasteiger partial charge in [0.05, 0.1) is 0 Å². The number of aromatic nitrogens is 2. The van der Waals surface area contributed by atoms with Crippen molar-refractivity contribution in [3.63, 3.8) is 0 Å². The van der Waals surface area contributed by atoms with E-state index >= 15 is 0 Å². The first kappa shape index (κ1) is 12.0. The van der Waals surface area contributed by atoms with Crippen LogP contribution in [0.1, 0.15) is 19.3 Å². The van der Waals surface area contributed by atoms with Crippen LogP contribution in [0.2, 0.25) is 0 Å². The summed E-state index contributed by atoms with van der Waals surface area (Å²) in [5.41, 5.74) is 0. The van der Waals surface area contributed by atoms with E-state index in [0.29, 0.717) is 12.4 Å². The summed E-state index contributed by atoms with van der Waals surface area (Å²) >= 11 is 0. The molecule has 86 valence electrons. The molecule has 1 aromatic rings. The van der Waals surface area contributed by atoms with Crippen LogP contribution >= 0.6 is 0 Å². The van der Waals surface area contributed by atoms with Crippen LogP contribution in [0, 0.1) is 22.5 Å². The van der Waals surface area contributed by atoms with Crippen molar-refractivity contribution >= 4 is 11.6 Å². The normalized spacial score (nSPS) is 9.75. The molecule has 6 heteroatoms. The SMILES string of the molecule is C#CCCCCNc1c([N+](=O)[O-])ncn1C. The molecule has 0 aliphatic rings. The van der Waals surface area contributed by atoms with Gasteiger partial charge in [-0.1, -0.05) is 0 Å². The Bertz CT molecular complexity index is 405. The van der Waals surface area contributed by atoms with Crippen molar-refractivity contribution in [2.24, 2.45) is 7.05 Å². The van der Waals surface area contributed by atoms with Crippen molar-refractivity contribution in [1.29, 1.82) is 0 Å². The topological polar surface area (TPSA) is 73.0 Å². The van der Waals surface area contributed by atoms with E-state index in [1.807, 2.05) is 0 Å². The Kier molecular flexibility index (Phi) is 4.33. The highest BCUT2D eigenvalue weighted by molar-refractivity contribution is 5.51. The molecule has 0 atom stereocenters. The van der Waals surface area contributed by atoms with Crippen molar-refractivity contribution in [3.8, 4) is 12.3 Å². The molecule has 0 unspecified atom stereocenters. The molecule has 0 bridgehead atoms. The number of unbranched alkanes of at least 4 members (excludes halogenated alkanes) is 2. The van der Waals surface area contributed by atoms with E-state index in [9.17, 15) is 10.1 Å². The smallest absolute Gasteiger partial charge is 0.364 e. The predicted octanol–water partition coefficient (Wildman–Crippen LogP) is 1.54. The van der Waals surface area contributed by atoms with Gasteiger partial charge in [-0.25, -0.2) is 0 Å². The molecule has 0 radical (unpaired) electrons. The van der Waals surface area contributed by atoms with Gasteiger partial charge in [0.15, 0.2) is 0 Å². The number of nitro groups is 1. The average molecular weight is 222 g/mol. The zero-order valence-corrected chi connectivity index (χ0v) is 9.14. The molecule has 0 spiro atoms. The number of hydrogen-bond donors (Lipinski definition) is 1. The molecule has 0 aromatic carbocycles. The Labute approximate surface area is 93.8 Å². The van der Waals surface area contributed by atoms with E-state index in [-0.39, 0.29) is 5.82 Å². The zero-order valence-electron chi connectivity index (χ0n) is 9.14. The maximum absolute atomic E-state index is 10.6. The van der Waals surface area contributed by atoms with Gasteiger partial charge in [-0.3, -0.25) is 4.57 Å². The monoisotopic (exact) mass is 222 g/mol. The lowest BCUT2D eigenvalue weighted by Crippen LogP contribution is -2.07. The fourth-order valence-corrected chi connectivity index (χ4v) is 1.31. The summed E-state index contributed by atoms with van der Waals surface area (Å²) in [6.45, 7) is 0.655. The van der Waals surface area contributed by atoms with Crippen LogP contribution in [0.4, 0.5) is 11.6 Å². The van der Waals surface area contributed by atoms with Gasteiger partial charge < -0.3 is 15.4 Å². The summed E-state index contributed by atoms with van der Waals surface area (Å²) in [6.07, 6.45) is 9.06. The largest absolute Gasteiger partial charge is 0.406 e. The van der Waals surface area contributed by atoms with Crippen LogP contribution in [0.25, 0.3) is 0 Å². The van der Waals surface area contributed by atoms with E-state index < -0.39 is 4.92 Å². The van der Waals surface area contributed by atoms with E-state index in [4.69, 9.17) is 6.42 Å². The number of hydrogen-bond acceptors (Lipinski definition) is 4. The summed E-state index contributed by atoms with van der Waals surface area (Å²) in [5, 5.41) is 13.6. The lowest BCUT2D eigenvalue weighted by atomic mass is 10.2. The number of nitrogens with zero attached hydrogens (tertiary/aromatic N) is 3. The summed E-state index contributed by atoms with van der Waals surface area (Å²) in [4.78, 5) is 13.8. The fraction of sp³-hybridized carbons (Fsp3) is 0.500. The first-order valence-electron chi connectivity index (χ1n) is 5.00. The summed E-state index contributed by atoms with van der Waals surface area (Å²) < 4.78 is 1.60. The van der Waals surface area contributed by atoms with Crippen molar-refractivity contribution in [2.45, 2.75) is 19.3 Å². The van der Waals surface area contributed by atoms with Crippen LogP contribution in [-0.4, -0.2) is 21.0 Å². The molecule has 0 amide bonds. The van der Waals surface area contributed by atoms with Gasteiger partial charge in [0.1, 0.15) is 0 Å². The quantitative estimate of drug-likeness (QED) is 0.343. The molecule has 1 rings (SSSR count). The molecule has 0 saturated heterocycles. The molecule has 1 aromatic heterocycles. The average Bonchev–Trinajstić information content (AvgIpc) is 2.60. The van der Waals surface area contributed by atoms with Crippen LogP contribution in [0.5, 0.6) is 0 Å². The second-order valence-electron chi connectivity index (χ2n) is 3.37. The van der Waals surface area contributed by atoms with Gasteiger partial charge >= 0.3 is 5.82 Å². The number of imidazole rings is 1. The molecular weight excluding hydrogens is 208 g/mol. The van der Waals surface area contributed by atoms with Crippen LogP contribution < -0.4 is 5.32 Å². The van der Waals surface area contributed by atoms with Gasteiger partial charge in [0, 0.05) is 20.0 Å². The molecule has 6 nitrogen and oxygen atoms in total. The number of anilines is 1. The minimum absolute atomic E-state index is 0.139. The number of aryl methyl sites for hydroxylation is 1. The third-order valence-corrected chi connectivity index (χ3v) is 2.13. The minimum atomic E-state index is -0.496. The van der Waals surface area contributed by atoms with Crippen molar-refractivity contribution in [3.05, 3.63) is 16.4 Å². The van der Waals surface area contributed by atoms with Crippen molar-refractivity contribution in [1.82, 2.24) is 9.55 Å². The first-order valence-corrected chi connectivity index (χ1v) is 5.00. The van der Waals surface area contributed by atoms with Crippen LogP contribution in [0.15, 0.2) is 6.33 Å². The summed E-state index contributed by atoms with van der Waals surface area (Å²) in [6, 6.07) is 0. The summed E-state index contributed by atoms with van der Waals surface area (Å²) in [5.74, 6) is 2.85. The second-order valence-corrected chi connectivity index (χ2v) is 3.37.